The van der Waals surface area contributed by atoms with Gasteiger partial charge >= 0.3 is 12.1 Å². The van der Waals surface area contributed by atoms with E-state index in [9.17, 15) is 4.79 Å². The van der Waals surface area contributed by atoms with Crippen molar-refractivity contribution in [3.05, 3.63) is 17.5 Å². The molecule has 76 valence electrons. The van der Waals surface area contributed by atoms with E-state index in [0.717, 1.165) is 5.69 Å². The van der Waals surface area contributed by atoms with Crippen molar-refractivity contribution < 1.29 is 19.1 Å². The first-order valence-electron chi connectivity index (χ1n) is 3.65. The van der Waals surface area contributed by atoms with Crippen molar-refractivity contribution in [2.45, 2.75) is 6.92 Å². The van der Waals surface area contributed by atoms with Gasteiger partial charge in [-0.15, -0.1) is 0 Å². The first-order valence-corrected chi connectivity index (χ1v) is 3.65. The number of methoxy groups -OCH3 is 1. The molecular formula is C8H10N2O4. The predicted octanol–water partition coefficient (Wildman–Crippen LogP) is -0.0684. The summed E-state index contributed by atoms with van der Waals surface area (Å²) in [6, 6.07) is 1.69. The summed E-state index contributed by atoms with van der Waals surface area (Å²) in [7, 11) is 3.06. The largest absolute Gasteiger partial charge is 0.464 e. The fourth-order valence-corrected chi connectivity index (χ4v) is 0.906. The lowest BCUT2D eigenvalue weighted by molar-refractivity contribution is -0.191. The third-order valence-electron chi connectivity index (χ3n) is 1.40. The number of rotatable bonds is 1. The van der Waals surface area contributed by atoms with Crippen molar-refractivity contribution in [2.24, 2.45) is 7.05 Å². The van der Waals surface area contributed by atoms with Crippen LogP contribution < -0.4 is 0 Å². The quantitative estimate of drug-likeness (QED) is 0.590. The van der Waals surface area contributed by atoms with Crippen LogP contribution in [0.15, 0.2) is 6.07 Å². The molecule has 0 aliphatic carbocycles. The van der Waals surface area contributed by atoms with E-state index in [1.54, 1.807) is 13.1 Å². The first-order chi connectivity index (χ1) is 6.56. The maximum atomic E-state index is 11.0. The minimum Gasteiger partial charge on any atom is -0.464 e. The number of ether oxygens (including phenoxy) is 1. The van der Waals surface area contributed by atoms with Gasteiger partial charge in [0.15, 0.2) is 0 Å². The Balaban J connectivity index is 0.000000500. The molecule has 0 saturated heterocycles. The number of hydrogen-bond acceptors (Lipinski definition) is 5. The summed E-state index contributed by atoms with van der Waals surface area (Å²) in [5.41, 5.74) is 1.29. The highest BCUT2D eigenvalue weighted by atomic mass is 16.5. The van der Waals surface area contributed by atoms with Crippen LogP contribution in [-0.4, -0.2) is 29.0 Å². The molecule has 0 aromatic carbocycles. The summed E-state index contributed by atoms with van der Waals surface area (Å²) < 4.78 is 6.03. The van der Waals surface area contributed by atoms with Crippen molar-refractivity contribution in [2.75, 3.05) is 7.11 Å². The Labute approximate surface area is 80.5 Å². The van der Waals surface area contributed by atoms with Crippen LogP contribution in [0.25, 0.3) is 0 Å². The van der Waals surface area contributed by atoms with E-state index < -0.39 is 0 Å². The molecule has 1 rings (SSSR count). The molecule has 6 heteroatoms. The lowest BCUT2D eigenvalue weighted by Crippen LogP contribution is -2.07. The number of hydrogen-bond donors (Lipinski definition) is 0. The fraction of sp³-hybridized carbons (Fsp3) is 0.375. The molecule has 0 amide bonds. The number of nitrogens with zero attached hydrogens (tertiary/aromatic N) is 2. The molecule has 1 heterocycles. The molecule has 0 bridgehead atoms. The van der Waals surface area contributed by atoms with E-state index in [2.05, 4.69) is 9.84 Å². The van der Waals surface area contributed by atoms with E-state index in [-0.39, 0.29) is 12.1 Å². The summed E-state index contributed by atoms with van der Waals surface area (Å²) in [6.07, 6.45) is 0.250. The van der Waals surface area contributed by atoms with E-state index >= 15 is 0 Å². The zero-order valence-corrected chi connectivity index (χ0v) is 8.10. The number of esters is 1. The summed E-state index contributed by atoms with van der Waals surface area (Å²) >= 11 is 0. The zero-order chi connectivity index (χ0) is 11.1. The molecule has 0 saturated carbocycles. The average Bonchev–Trinajstić information content (AvgIpc) is 2.45. The Bertz CT molecular complexity index is 350. The van der Waals surface area contributed by atoms with E-state index in [1.807, 2.05) is 6.92 Å². The number of aryl methyl sites for hydroxylation is 2. The van der Waals surface area contributed by atoms with Crippen LogP contribution in [0.3, 0.4) is 0 Å². The van der Waals surface area contributed by atoms with Crippen molar-refractivity contribution >= 4 is 12.1 Å². The molecule has 0 radical (unpaired) electrons. The van der Waals surface area contributed by atoms with Gasteiger partial charge in [-0.1, -0.05) is 0 Å². The molecule has 0 aliphatic heterocycles. The Hall–Kier alpha value is -1.94. The van der Waals surface area contributed by atoms with Crippen LogP contribution >= 0.6 is 0 Å². The van der Waals surface area contributed by atoms with E-state index in [0.29, 0.717) is 5.69 Å². The van der Waals surface area contributed by atoms with Gasteiger partial charge in [-0.3, -0.25) is 4.68 Å². The lowest BCUT2D eigenvalue weighted by Gasteiger charge is -1.96. The highest BCUT2D eigenvalue weighted by molar-refractivity contribution is 5.87. The average molecular weight is 198 g/mol. The van der Waals surface area contributed by atoms with Gasteiger partial charge in [0.2, 0.25) is 0 Å². The highest BCUT2D eigenvalue weighted by Gasteiger charge is 2.10. The maximum absolute atomic E-state index is 11.0. The van der Waals surface area contributed by atoms with Crippen LogP contribution in [0.4, 0.5) is 0 Å². The molecule has 0 N–H and O–H groups in total. The van der Waals surface area contributed by atoms with Crippen molar-refractivity contribution in [1.82, 2.24) is 9.78 Å². The van der Waals surface area contributed by atoms with Gasteiger partial charge in [-0.2, -0.15) is 14.7 Å². The van der Waals surface area contributed by atoms with Gasteiger partial charge in [-0.25, -0.2) is 4.79 Å². The van der Waals surface area contributed by atoms with Crippen LogP contribution in [0.1, 0.15) is 16.2 Å². The summed E-state index contributed by atoms with van der Waals surface area (Å²) in [5.74, 6) is -0.354. The highest BCUT2D eigenvalue weighted by Crippen LogP contribution is 2.02. The topological polar surface area (TPSA) is 78.3 Å². The van der Waals surface area contributed by atoms with Crippen LogP contribution in [0.5, 0.6) is 0 Å². The molecular weight excluding hydrogens is 188 g/mol. The van der Waals surface area contributed by atoms with E-state index in [1.165, 1.54) is 11.8 Å². The lowest BCUT2D eigenvalue weighted by atomic mass is 10.4. The minimum absolute atomic E-state index is 0.250. The fourth-order valence-electron chi connectivity index (χ4n) is 0.906. The second-order valence-electron chi connectivity index (χ2n) is 2.37. The monoisotopic (exact) mass is 198 g/mol. The second-order valence-corrected chi connectivity index (χ2v) is 2.37. The Morgan fingerprint density at radius 1 is 1.57 bits per heavy atom. The third kappa shape index (κ3) is 3.20. The Kier molecular flexibility index (Phi) is 4.88. The summed E-state index contributed by atoms with van der Waals surface area (Å²) in [4.78, 5) is 27.2. The molecule has 14 heavy (non-hydrogen) atoms. The molecule has 0 aliphatic rings. The van der Waals surface area contributed by atoms with Gasteiger partial charge in [0.05, 0.1) is 12.8 Å². The normalized spacial score (nSPS) is 8.21. The standard InChI is InChI=1S/C7H10N2O2.CO2/c1-5-4-6(7(10)11-3)9(2)8-5;2-1-3/h4H,1-3H3;. The minimum atomic E-state index is -0.354. The summed E-state index contributed by atoms with van der Waals surface area (Å²) in [6.45, 7) is 1.83. The van der Waals surface area contributed by atoms with Gasteiger partial charge in [0.1, 0.15) is 5.69 Å². The van der Waals surface area contributed by atoms with Gasteiger partial charge in [-0.05, 0) is 13.0 Å². The van der Waals surface area contributed by atoms with Crippen molar-refractivity contribution in [3.8, 4) is 0 Å². The van der Waals surface area contributed by atoms with Gasteiger partial charge in [0.25, 0.3) is 0 Å². The molecule has 1 aromatic heterocycles. The molecule has 0 unspecified atom stereocenters. The zero-order valence-electron chi connectivity index (χ0n) is 8.10. The number of carbonyl (C=O) groups excluding carboxylic acids is 3. The van der Waals surface area contributed by atoms with E-state index in [4.69, 9.17) is 9.59 Å². The maximum Gasteiger partial charge on any atom is 0.373 e. The number of aromatic nitrogens is 2. The smallest absolute Gasteiger partial charge is 0.373 e. The summed E-state index contributed by atoms with van der Waals surface area (Å²) in [5, 5.41) is 4.00. The molecule has 0 fully saturated rings. The molecule has 0 atom stereocenters. The van der Waals surface area contributed by atoms with Crippen LogP contribution in [0.2, 0.25) is 0 Å². The second kappa shape index (κ2) is 5.66. The molecule has 1 aromatic rings. The first kappa shape index (κ1) is 12.1. The van der Waals surface area contributed by atoms with Gasteiger partial charge in [0, 0.05) is 7.05 Å². The Morgan fingerprint density at radius 3 is 2.36 bits per heavy atom. The predicted molar refractivity (Wildman–Crippen MR) is 44.3 cm³/mol. The van der Waals surface area contributed by atoms with Crippen molar-refractivity contribution in [1.29, 1.82) is 0 Å². The Morgan fingerprint density at radius 2 is 2.07 bits per heavy atom. The van der Waals surface area contributed by atoms with Crippen LogP contribution in [0, 0.1) is 6.92 Å². The molecule has 6 nitrogen and oxygen atoms in total. The number of carbonyl (C=O) groups is 1. The molecule has 0 spiro atoms. The third-order valence-corrected chi connectivity index (χ3v) is 1.40. The van der Waals surface area contributed by atoms with Crippen molar-refractivity contribution in [3.63, 3.8) is 0 Å². The SMILES string of the molecule is COC(=O)c1cc(C)nn1C.O=C=O. The van der Waals surface area contributed by atoms with Crippen LogP contribution in [-0.2, 0) is 21.4 Å². The van der Waals surface area contributed by atoms with Gasteiger partial charge < -0.3 is 4.74 Å².